The average Bonchev–Trinajstić information content (AvgIpc) is 2.75. The number of non-ortho nitro benzene ring substituents is 1. The molecule has 3 aromatic rings. The summed E-state index contributed by atoms with van der Waals surface area (Å²) in [6.07, 6.45) is 1.40. The molecule has 0 saturated heterocycles. The number of hydrogen-bond donors (Lipinski definition) is 2. The van der Waals surface area contributed by atoms with Gasteiger partial charge in [-0.1, -0.05) is 30.3 Å². The quantitative estimate of drug-likeness (QED) is 0.365. The summed E-state index contributed by atoms with van der Waals surface area (Å²) in [6.45, 7) is 0. The van der Waals surface area contributed by atoms with Gasteiger partial charge in [0.05, 0.1) is 4.92 Å². The van der Waals surface area contributed by atoms with Gasteiger partial charge >= 0.3 is 0 Å². The number of nitrogens with zero attached hydrogens (tertiary/aromatic N) is 1. The van der Waals surface area contributed by atoms with Crippen LogP contribution in [0.2, 0.25) is 0 Å². The Morgan fingerprint density at radius 2 is 1.53 bits per heavy atom. The predicted molar refractivity (Wildman–Crippen MR) is 110 cm³/mol. The molecule has 0 spiro atoms. The summed E-state index contributed by atoms with van der Waals surface area (Å²) < 4.78 is 13.2. The van der Waals surface area contributed by atoms with Crippen LogP contribution in [-0.4, -0.2) is 16.7 Å². The first-order chi connectivity index (χ1) is 14.4. The average molecular weight is 405 g/mol. The van der Waals surface area contributed by atoms with Crippen molar-refractivity contribution in [3.8, 4) is 0 Å². The maximum absolute atomic E-state index is 13.2. The number of nitrogens with one attached hydrogen (secondary N) is 2. The number of hydrogen-bond acceptors (Lipinski definition) is 4. The van der Waals surface area contributed by atoms with Gasteiger partial charge < -0.3 is 10.6 Å². The van der Waals surface area contributed by atoms with Crippen molar-refractivity contribution in [3.63, 3.8) is 0 Å². The molecule has 0 fully saturated rings. The fourth-order valence-corrected chi connectivity index (χ4v) is 2.53. The second kappa shape index (κ2) is 9.24. The first-order valence-corrected chi connectivity index (χ1v) is 8.82. The molecule has 2 N–H and O–H groups in total. The number of nitro groups is 1. The van der Waals surface area contributed by atoms with Crippen molar-refractivity contribution in [3.05, 3.63) is 112 Å². The van der Waals surface area contributed by atoms with Crippen LogP contribution in [0.5, 0.6) is 0 Å². The summed E-state index contributed by atoms with van der Waals surface area (Å²) in [5.41, 5.74) is 0.968. The second-order valence-electron chi connectivity index (χ2n) is 6.19. The Kier molecular flexibility index (Phi) is 6.29. The first kappa shape index (κ1) is 20.4. The number of benzene rings is 3. The first-order valence-electron chi connectivity index (χ1n) is 8.82. The van der Waals surface area contributed by atoms with Crippen molar-refractivity contribution in [2.75, 3.05) is 5.32 Å². The smallest absolute Gasteiger partial charge is 0.272 e. The summed E-state index contributed by atoms with van der Waals surface area (Å²) in [4.78, 5) is 35.5. The van der Waals surface area contributed by atoms with Crippen LogP contribution in [0, 0.1) is 15.9 Å². The standard InChI is InChI=1S/C22H16FN3O4/c23-17-8-6-15(7-9-17)14-20(25-21(27)16-4-2-1-3-5-16)22(28)24-18-10-12-19(13-11-18)26(29)30/h1-14H,(H,24,28)(H,25,27). The van der Waals surface area contributed by atoms with Gasteiger partial charge in [-0.05, 0) is 48.0 Å². The number of carbonyl (C=O) groups excluding carboxylic acids is 2. The van der Waals surface area contributed by atoms with Crippen LogP contribution < -0.4 is 10.6 Å². The predicted octanol–water partition coefficient (Wildman–Crippen LogP) is 4.14. The topological polar surface area (TPSA) is 101 Å². The fraction of sp³-hybridized carbons (Fsp3) is 0. The molecule has 3 aromatic carbocycles. The maximum Gasteiger partial charge on any atom is 0.272 e. The summed E-state index contributed by atoms with van der Waals surface area (Å²) in [5.74, 6) is -1.57. The number of anilines is 1. The molecule has 7 nitrogen and oxygen atoms in total. The second-order valence-corrected chi connectivity index (χ2v) is 6.19. The Hall–Kier alpha value is -4.33. The highest BCUT2D eigenvalue weighted by molar-refractivity contribution is 6.10. The molecule has 0 saturated carbocycles. The van der Waals surface area contributed by atoms with Crippen LogP contribution in [0.1, 0.15) is 15.9 Å². The van der Waals surface area contributed by atoms with Gasteiger partial charge in [0.25, 0.3) is 17.5 Å². The molecule has 0 heterocycles. The van der Waals surface area contributed by atoms with E-state index in [4.69, 9.17) is 0 Å². The van der Waals surface area contributed by atoms with E-state index >= 15 is 0 Å². The molecule has 0 radical (unpaired) electrons. The normalized spacial score (nSPS) is 10.9. The minimum atomic E-state index is -0.641. The van der Waals surface area contributed by atoms with Gasteiger partial charge in [0.1, 0.15) is 11.5 Å². The van der Waals surface area contributed by atoms with Gasteiger partial charge in [-0.15, -0.1) is 0 Å². The molecular formula is C22H16FN3O4. The highest BCUT2D eigenvalue weighted by Gasteiger charge is 2.15. The van der Waals surface area contributed by atoms with E-state index in [0.29, 0.717) is 16.8 Å². The lowest BCUT2D eigenvalue weighted by Gasteiger charge is -2.11. The van der Waals surface area contributed by atoms with Gasteiger partial charge in [-0.25, -0.2) is 4.39 Å². The van der Waals surface area contributed by atoms with E-state index < -0.39 is 22.6 Å². The molecule has 150 valence electrons. The molecule has 0 atom stereocenters. The number of halogens is 1. The molecule has 3 rings (SSSR count). The molecule has 0 aliphatic carbocycles. The molecule has 0 bridgehead atoms. The van der Waals surface area contributed by atoms with E-state index in [1.165, 1.54) is 54.6 Å². The maximum atomic E-state index is 13.2. The minimum Gasteiger partial charge on any atom is -0.321 e. The van der Waals surface area contributed by atoms with E-state index in [9.17, 15) is 24.1 Å². The van der Waals surface area contributed by atoms with Crippen molar-refractivity contribution in [2.24, 2.45) is 0 Å². The molecule has 0 aliphatic rings. The van der Waals surface area contributed by atoms with Crippen molar-refractivity contribution in [1.82, 2.24) is 5.32 Å². The molecule has 30 heavy (non-hydrogen) atoms. The van der Waals surface area contributed by atoms with Crippen LogP contribution in [-0.2, 0) is 4.79 Å². The zero-order chi connectivity index (χ0) is 21.5. The Bertz CT molecular complexity index is 1100. The zero-order valence-corrected chi connectivity index (χ0v) is 15.5. The summed E-state index contributed by atoms with van der Waals surface area (Å²) >= 11 is 0. The fourth-order valence-electron chi connectivity index (χ4n) is 2.53. The van der Waals surface area contributed by atoms with E-state index in [2.05, 4.69) is 10.6 Å². The molecule has 0 aliphatic heterocycles. The van der Waals surface area contributed by atoms with Crippen LogP contribution in [0.15, 0.2) is 84.6 Å². The number of amides is 2. The lowest BCUT2D eigenvalue weighted by Crippen LogP contribution is -2.30. The summed E-state index contributed by atoms with van der Waals surface area (Å²) in [7, 11) is 0. The third kappa shape index (κ3) is 5.35. The van der Waals surface area contributed by atoms with Crippen molar-refractivity contribution in [2.45, 2.75) is 0 Å². The number of rotatable bonds is 6. The lowest BCUT2D eigenvalue weighted by atomic mass is 10.1. The minimum absolute atomic E-state index is 0.0752. The van der Waals surface area contributed by atoms with Gasteiger partial charge in [0, 0.05) is 23.4 Å². The van der Waals surface area contributed by atoms with Crippen molar-refractivity contribution in [1.29, 1.82) is 0 Å². The molecular weight excluding hydrogens is 389 g/mol. The lowest BCUT2D eigenvalue weighted by molar-refractivity contribution is -0.384. The zero-order valence-electron chi connectivity index (χ0n) is 15.5. The van der Waals surface area contributed by atoms with Gasteiger partial charge in [-0.2, -0.15) is 0 Å². The van der Waals surface area contributed by atoms with Gasteiger partial charge in [0.15, 0.2) is 0 Å². The Morgan fingerprint density at radius 1 is 0.900 bits per heavy atom. The van der Waals surface area contributed by atoms with Crippen LogP contribution in [0.4, 0.5) is 15.8 Å². The molecule has 0 aromatic heterocycles. The van der Waals surface area contributed by atoms with E-state index in [0.717, 1.165) is 0 Å². The van der Waals surface area contributed by atoms with Crippen LogP contribution >= 0.6 is 0 Å². The Labute approximate surface area is 171 Å². The van der Waals surface area contributed by atoms with Crippen molar-refractivity contribution < 1.29 is 18.9 Å². The SMILES string of the molecule is O=C(Nc1ccc([N+](=O)[O-])cc1)C(=Cc1ccc(F)cc1)NC(=O)c1ccccc1. The van der Waals surface area contributed by atoms with Gasteiger partial charge in [-0.3, -0.25) is 19.7 Å². The van der Waals surface area contributed by atoms with E-state index in [1.807, 2.05) is 0 Å². The third-order valence-electron chi connectivity index (χ3n) is 4.05. The van der Waals surface area contributed by atoms with Crippen LogP contribution in [0.3, 0.4) is 0 Å². The molecule has 8 heteroatoms. The molecule has 2 amide bonds. The summed E-state index contributed by atoms with van der Waals surface area (Å²) in [5, 5.41) is 15.9. The monoisotopic (exact) mass is 405 g/mol. The highest BCUT2D eigenvalue weighted by atomic mass is 19.1. The molecule has 0 unspecified atom stereocenters. The van der Waals surface area contributed by atoms with Crippen LogP contribution in [0.25, 0.3) is 6.08 Å². The summed E-state index contributed by atoms with van der Waals surface area (Å²) in [6, 6.07) is 19.0. The van der Waals surface area contributed by atoms with E-state index in [1.54, 1.807) is 30.3 Å². The highest BCUT2D eigenvalue weighted by Crippen LogP contribution is 2.17. The Balaban J connectivity index is 1.85. The van der Waals surface area contributed by atoms with Gasteiger partial charge in [0.2, 0.25) is 0 Å². The third-order valence-corrected chi connectivity index (χ3v) is 4.05. The van der Waals surface area contributed by atoms with Crippen molar-refractivity contribution >= 4 is 29.3 Å². The largest absolute Gasteiger partial charge is 0.321 e. The van der Waals surface area contributed by atoms with E-state index in [-0.39, 0.29) is 11.4 Å². The number of nitro benzene ring substituents is 1. The Morgan fingerprint density at radius 3 is 2.13 bits per heavy atom. The number of carbonyl (C=O) groups is 2.